The molecule has 0 saturated carbocycles. The highest BCUT2D eigenvalue weighted by Gasteiger charge is 2.20. The fourth-order valence-electron chi connectivity index (χ4n) is 3.88. The lowest BCUT2D eigenvalue weighted by Gasteiger charge is -2.16. The van der Waals surface area contributed by atoms with Gasteiger partial charge in [-0.2, -0.15) is 0 Å². The maximum absolute atomic E-state index is 12.4. The average molecular weight is 458 g/mol. The van der Waals surface area contributed by atoms with Crippen LogP contribution in [0.2, 0.25) is 0 Å². The number of hydrogen-bond acceptors (Lipinski definition) is 6. The monoisotopic (exact) mass is 457 g/mol. The summed E-state index contributed by atoms with van der Waals surface area (Å²) in [7, 11) is 0. The van der Waals surface area contributed by atoms with Crippen LogP contribution in [0.5, 0.6) is 0 Å². The molecule has 0 bridgehead atoms. The highest BCUT2D eigenvalue weighted by atomic mass is 32.2. The zero-order chi connectivity index (χ0) is 22.6. The van der Waals surface area contributed by atoms with Crippen LogP contribution in [0.15, 0.2) is 72.4 Å². The minimum atomic E-state index is -0.292. The zero-order valence-corrected chi connectivity index (χ0v) is 18.6. The zero-order valence-electron chi connectivity index (χ0n) is 17.8. The number of benzene rings is 2. The first kappa shape index (κ1) is 21.1. The second-order valence-corrected chi connectivity index (χ2v) is 8.79. The fraction of sp³-hybridized carbons (Fsp3) is 0.160. The number of amides is 2. The molecule has 2 aromatic carbocycles. The molecule has 0 radical (unpaired) electrons. The predicted molar refractivity (Wildman–Crippen MR) is 131 cm³/mol. The first-order chi connectivity index (χ1) is 16.2. The quantitative estimate of drug-likeness (QED) is 0.454. The van der Waals surface area contributed by atoms with Crippen molar-refractivity contribution >= 4 is 35.0 Å². The number of aromatic nitrogens is 1. The molecule has 7 nitrogen and oxygen atoms in total. The van der Waals surface area contributed by atoms with Gasteiger partial charge in [-0.1, -0.05) is 30.0 Å². The van der Waals surface area contributed by atoms with Crippen molar-refractivity contribution in [2.75, 3.05) is 18.4 Å². The van der Waals surface area contributed by atoms with E-state index in [1.54, 1.807) is 18.5 Å². The summed E-state index contributed by atoms with van der Waals surface area (Å²) in [6.07, 6.45) is 4.45. The number of rotatable bonds is 6. The Morgan fingerprint density at radius 3 is 2.76 bits per heavy atom. The van der Waals surface area contributed by atoms with Gasteiger partial charge in [0.25, 0.3) is 5.91 Å². The molecule has 5 rings (SSSR count). The van der Waals surface area contributed by atoms with Crippen LogP contribution < -0.4 is 21.3 Å². The third-order valence-corrected chi connectivity index (χ3v) is 6.45. The molecular formula is C25H23N5O2S. The van der Waals surface area contributed by atoms with Crippen molar-refractivity contribution in [2.24, 2.45) is 0 Å². The second-order valence-electron chi connectivity index (χ2n) is 7.81. The molecule has 0 saturated heterocycles. The molecule has 0 aliphatic carbocycles. The summed E-state index contributed by atoms with van der Waals surface area (Å²) in [6.45, 7) is 0.804. The summed E-state index contributed by atoms with van der Waals surface area (Å²) in [5.41, 5.74) is 6.65. The maximum atomic E-state index is 12.4. The lowest BCUT2D eigenvalue weighted by Crippen LogP contribution is -2.44. The molecule has 8 heteroatoms. The van der Waals surface area contributed by atoms with Crippen molar-refractivity contribution in [3.63, 3.8) is 0 Å². The van der Waals surface area contributed by atoms with Gasteiger partial charge in [0.1, 0.15) is 0 Å². The van der Waals surface area contributed by atoms with E-state index in [0.29, 0.717) is 5.56 Å². The summed E-state index contributed by atoms with van der Waals surface area (Å²) in [5, 5.41) is 14.2. The van der Waals surface area contributed by atoms with Crippen LogP contribution in [0.25, 0.3) is 16.8 Å². The van der Waals surface area contributed by atoms with Crippen LogP contribution in [-0.2, 0) is 11.2 Å². The van der Waals surface area contributed by atoms with Gasteiger partial charge in [-0.15, -0.1) is 0 Å². The summed E-state index contributed by atoms with van der Waals surface area (Å²) in [6, 6.07) is 17.7. The van der Waals surface area contributed by atoms with Gasteiger partial charge in [0.05, 0.1) is 12.2 Å². The lowest BCUT2D eigenvalue weighted by molar-refractivity contribution is -0.120. The maximum Gasteiger partial charge on any atom is 0.251 e. The van der Waals surface area contributed by atoms with E-state index in [-0.39, 0.29) is 23.9 Å². The predicted octanol–water partition coefficient (Wildman–Crippen LogP) is 3.18. The molecule has 33 heavy (non-hydrogen) atoms. The summed E-state index contributed by atoms with van der Waals surface area (Å²) < 4.78 is 0. The van der Waals surface area contributed by atoms with Crippen LogP contribution in [0, 0.1) is 0 Å². The van der Waals surface area contributed by atoms with E-state index in [9.17, 15) is 9.59 Å². The van der Waals surface area contributed by atoms with Gasteiger partial charge in [-0.05, 0) is 70.5 Å². The highest BCUT2D eigenvalue weighted by Crippen LogP contribution is 2.29. The Balaban J connectivity index is 1.13. The highest BCUT2D eigenvalue weighted by molar-refractivity contribution is 8.03. The van der Waals surface area contributed by atoms with Gasteiger partial charge in [0, 0.05) is 30.2 Å². The largest absolute Gasteiger partial charge is 0.384 e. The van der Waals surface area contributed by atoms with Crippen molar-refractivity contribution in [3.05, 3.63) is 89.1 Å². The molecule has 3 aromatic rings. The minimum absolute atomic E-state index is 0.0836. The first-order valence-electron chi connectivity index (χ1n) is 10.7. The van der Waals surface area contributed by atoms with Crippen LogP contribution in [0.1, 0.15) is 21.5 Å². The number of nitrogens with zero attached hydrogens (tertiary/aromatic N) is 1. The van der Waals surface area contributed by atoms with Gasteiger partial charge >= 0.3 is 0 Å². The molecule has 0 spiro atoms. The number of pyridine rings is 1. The van der Waals surface area contributed by atoms with Gasteiger partial charge in [-0.25, -0.2) is 0 Å². The number of thioether (sulfide) groups is 1. The van der Waals surface area contributed by atoms with Gasteiger partial charge in [0.15, 0.2) is 5.50 Å². The molecule has 1 unspecified atom stereocenters. The molecule has 0 fully saturated rings. The van der Waals surface area contributed by atoms with Crippen LogP contribution in [0.4, 0.5) is 5.69 Å². The van der Waals surface area contributed by atoms with E-state index in [1.807, 2.05) is 41.8 Å². The molecular weight excluding hydrogens is 434 g/mol. The smallest absolute Gasteiger partial charge is 0.251 e. The average Bonchev–Trinajstić information content (AvgIpc) is 3.52. The Labute approximate surface area is 196 Å². The summed E-state index contributed by atoms with van der Waals surface area (Å²) >= 11 is 1.48. The molecule has 166 valence electrons. The number of fused-ring (bicyclic) bond motifs is 1. The third kappa shape index (κ3) is 4.85. The fourth-order valence-corrected chi connectivity index (χ4v) is 4.75. The standard InChI is InChI=1S/C25H23N5O2S/c31-23(14-28-24(32)20-4-5-21-19(13-20)8-11-27-21)30-25-29-22(15-33-25)18-3-1-2-17(12-18)16-6-9-26-10-7-16/h1-7,9-10,12-13,15,25,27,29H,8,11,14H2,(H,28,32)(H,30,31). The van der Waals surface area contributed by atoms with Crippen molar-refractivity contribution in [2.45, 2.75) is 11.9 Å². The second kappa shape index (κ2) is 9.38. The Morgan fingerprint density at radius 1 is 1.03 bits per heavy atom. The molecule has 3 heterocycles. The SMILES string of the molecule is O=C(CNC(=O)c1ccc2c(c1)CCN2)NC1NC(c2cccc(-c3ccncc3)c2)=CS1. The molecule has 2 aliphatic rings. The Morgan fingerprint density at radius 2 is 1.88 bits per heavy atom. The number of carbonyl (C=O) groups excluding carboxylic acids is 2. The third-order valence-electron chi connectivity index (χ3n) is 5.57. The van der Waals surface area contributed by atoms with Gasteiger partial charge < -0.3 is 21.3 Å². The molecule has 4 N–H and O–H groups in total. The van der Waals surface area contributed by atoms with Crippen molar-refractivity contribution in [1.82, 2.24) is 20.9 Å². The lowest BCUT2D eigenvalue weighted by atomic mass is 10.0. The Kier molecular flexibility index (Phi) is 5.99. The van der Waals surface area contributed by atoms with E-state index >= 15 is 0 Å². The van der Waals surface area contributed by atoms with Crippen molar-refractivity contribution in [1.29, 1.82) is 0 Å². The van der Waals surface area contributed by atoms with Crippen LogP contribution in [0.3, 0.4) is 0 Å². The van der Waals surface area contributed by atoms with E-state index in [0.717, 1.165) is 46.6 Å². The molecule has 2 aliphatic heterocycles. The number of nitrogens with one attached hydrogen (secondary N) is 4. The number of anilines is 1. The van der Waals surface area contributed by atoms with Gasteiger partial charge in [-0.3, -0.25) is 14.6 Å². The van der Waals surface area contributed by atoms with E-state index in [1.165, 1.54) is 11.8 Å². The van der Waals surface area contributed by atoms with Crippen LogP contribution in [-0.4, -0.2) is 35.4 Å². The minimum Gasteiger partial charge on any atom is -0.384 e. The Bertz CT molecular complexity index is 1230. The van der Waals surface area contributed by atoms with E-state index in [2.05, 4.69) is 38.4 Å². The van der Waals surface area contributed by atoms with Crippen molar-refractivity contribution < 1.29 is 9.59 Å². The number of carbonyl (C=O) groups is 2. The van der Waals surface area contributed by atoms with Crippen LogP contribution >= 0.6 is 11.8 Å². The topological polar surface area (TPSA) is 95.2 Å². The van der Waals surface area contributed by atoms with Crippen molar-refractivity contribution in [3.8, 4) is 11.1 Å². The molecule has 2 amide bonds. The number of hydrogen-bond donors (Lipinski definition) is 4. The summed E-state index contributed by atoms with van der Waals surface area (Å²) in [4.78, 5) is 28.9. The first-order valence-corrected chi connectivity index (χ1v) is 11.7. The molecule has 1 aromatic heterocycles. The Hall–Kier alpha value is -3.78. The normalized spacial score (nSPS) is 16.2. The van der Waals surface area contributed by atoms with E-state index < -0.39 is 0 Å². The summed E-state index contributed by atoms with van der Waals surface area (Å²) in [5.74, 6) is -0.505. The van der Waals surface area contributed by atoms with Gasteiger partial charge in [0.2, 0.25) is 5.91 Å². The molecule has 1 atom stereocenters. The van der Waals surface area contributed by atoms with E-state index in [4.69, 9.17) is 0 Å².